The van der Waals surface area contributed by atoms with Gasteiger partial charge in [0.25, 0.3) is 0 Å². The molecule has 4 atom stereocenters. The summed E-state index contributed by atoms with van der Waals surface area (Å²) in [5, 5.41) is 13.9. The van der Waals surface area contributed by atoms with Gasteiger partial charge in [0.1, 0.15) is 11.2 Å². The maximum atomic E-state index is 10.4. The zero-order valence-electron chi connectivity index (χ0n) is 16.8. The molecule has 0 unspecified atom stereocenters. The van der Waals surface area contributed by atoms with Crippen LogP contribution in [0.1, 0.15) is 58.1 Å². The van der Waals surface area contributed by atoms with Crippen molar-refractivity contribution in [3.05, 3.63) is 23.8 Å². The highest BCUT2D eigenvalue weighted by molar-refractivity contribution is 5.49. The molecule has 0 saturated carbocycles. The molecular formula is C22H33NO4. The van der Waals surface area contributed by atoms with Crippen LogP contribution in [0.5, 0.6) is 11.5 Å². The Morgan fingerprint density at radius 3 is 2.93 bits per heavy atom. The Morgan fingerprint density at radius 1 is 1.33 bits per heavy atom. The Kier molecular flexibility index (Phi) is 5.12. The third-order valence-corrected chi connectivity index (χ3v) is 6.52. The van der Waals surface area contributed by atoms with E-state index in [9.17, 15) is 5.11 Å². The fourth-order valence-corrected chi connectivity index (χ4v) is 4.98. The Labute approximate surface area is 162 Å². The van der Waals surface area contributed by atoms with Gasteiger partial charge in [-0.15, -0.1) is 0 Å². The van der Waals surface area contributed by atoms with Gasteiger partial charge in [0.05, 0.1) is 19.3 Å². The number of hydrogen-bond acceptors (Lipinski definition) is 5. The first-order valence-electron chi connectivity index (χ1n) is 10.4. The van der Waals surface area contributed by atoms with E-state index in [-0.39, 0.29) is 29.0 Å². The highest BCUT2D eigenvalue weighted by atomic mass is 16.6. The molecule has 5 nitrogen and oxygen atoms in total. The lowest BCUT2D eigenvalue weighted by molar-refractivity contribution is -0.220. The lowest BCUT2D eigenvalue weighted by atomic mass is 9.69. The number of aromatic hydroxyl groups is 1. The molecule has 0 bridgehead atoms. The number of nitrogens with one attached hydrogen (secondary N) is 1. The predicted octanol–water partition coefficient (Wildman–Crippen LogP) is 3.81. The van der Waals surface area contributed by atoms with Crippen LogP contribution in [-0.4, -0.2) is 42.6 Å². The third-order valence-electron chi connectivity index (χ3n) is 6.52. The summed E-state index contributed by atoms with van der Waals surface area (Å²) in [5.41, 5.74) is 0.329. The zero-order chi connectivity index (χ0) is 19.1. The number of hydrogen-bond donors (Lipinski definition) is 2. The molecule has 5 heteroatoms. The summed E-state index contributed by atoms with van der Waals surface area (Å²) in [6, 6.07) is 5.60. The second-order valence-corrected chi connectivity index (χ2v) is 9.15. The van der Waals surface area contributed by atoms with Crippen LogP contribution in [-0.2, 0) is 9.47 Å². The number of ether oxygens (including phenoxy) is 3. The SMILES string of the molecule is CC(C)CCC[C@@]1(C)Oc2c(O)cccc2[C@H]2OC[C@@]3(CNCCO3)C[C@@H]21. The molecule has 0 aromatic heterocycles. The fraction of sp³-hybridized carbons (Fsp3) is 0.727. The molecule has 4 rings (SSSR count). The maximum Gasteiger partial charge on any atom is 0.167 e. The summed E-state index contributed by atoms with van der Waals surface area (Å²) in [6.07, 6.45) is 4.09. The van der Waals surface area contributed by atoms with Gasteiger partial charge in [-0.1, -0.05) is 32.4 Å². The van der Waals surface area contributed by atoms with E-state index >= 15 is 0 Å². The van der Waals surface area contributed by atoms with Crippen LogP contribution in [0.2, 0.25) is 0 Å². The summed E-state index contributed by atoms with van der Waals surface area (Å²) < 4.78 is 19.2. The quantitative estimate of drug-likeness (QED) is 0.838. The number of fused-ring (bicyclic) bond motifs is 3. The van der Waals surface area contributed by atoms with Crippen molar-refractivity contribution in [2.45, 2.75) is 63.8 Å². The number of morpholine rings is 1. The largest absolute Gasteiger partial charge is 0.504 e. The van der Waals surface area contributed by atoms with Gasteiger partial charge in [0.2, 0.25) is 0 Å². The van der Waals surface area contributed by atoms with E-state index in [0.717, 1.165) is 44.5 Å². The lowest BCUT2D eigenvalue weighted by Crippen LogP contribution is -2.61. The van der Waals surface area contributed by atoms with Crippen LogP contribution >= 0.6 is 0 Å². The van der Waals surface area contributed by atoms with Gasteiger partial charge in [-0.25, -0.2) is 0 Å². The van der Waals surface area contributed by atoms with Crippen molar-refractivity contribution in [1.82, 2.24) is 5.32 Å². The van der Waals surface area contributed by atoms with Crippen LogP contribution < -0.4 is 10.1 Å². The van der Waals surface area contributed by atoms with Gasteiger partial charge < -0.3 is 24.6 Å². The van der Waals surface area contributed by atoms with Crippen molar-refractivity contribution in [3.8, 4) is 11.5 Å². The minimum atomic E-state index is -0.375. The van der Waals surface area contributed by atoms with Crippen molar-refractivity contribution >= 4 is 0 Å². The third kappa shape index (κ3) is 3.57. The van der Waals surface area contributed by atoms with Gasteiger partial charge >= 0.3 is 0 Å². The number of phenolic OH excluding ortho intramolecular Hbond substituents is 1. The molecule has 1 spiro atoms. The average molecular weight is 376 g/mol. The monoisotopic (exact) mass is 375 g/mol. The van der Waals surface area contributed by atoms with Gasteiger partial charge in [0, 0.05) is 24.6 Å². The van der Waals surface area contributed by atoms with Crippen LogP contribution in [0.3, 0.4) is 0 Å². The van der Waals surface area contributed by atoms with Crippen molar-refractivity contribution in [2.24, 2.45) is 11.8 Å². The number of para-hydroxylation sites is 1. The van der Waals surface area contributed by atoms with E-state index in [1.54, 1.807) is 6.07 Å². The average Bonchev–Trinajstić information content (AvgIpc) is 2.64. The number of phenols is 1. The van der Waals surface area contributed by atoms with Crippen molar-refractivity contribution in [3.63, 3.8) is 0 Å². The van der Waals surface area contributed by atoms with Crippen molar-refractivity contribution in [2.75, 3.05) is 26.3 Å². The number of benzene rings is 1. The molecular weight excluding hydrogens is 342 g/mol. The molecule has 2 fully saturated rings. The van der Waals surface area contributed by atoms with Gasteiger partial charge in [-0.2, -0.15) is 0 Å². The molecule has 2 N–H and O–H groups in total. The summed E-state index contributed by atoms with van der Waals surface area (Å²) in [6.45, 7) is 9.74. The first-order valence-corrected chi connectivity index (χ1v) is 10.4. The van der Waals surface area contributed by atoms with Crippen LogP contribution in [0.25, 0.3) is 0 Å². The molecule has 1 aromatic rings. The lowest BCUT2D eigenvalue weighted by Gasteiger charge is -2.54. The summed E-state index contributed by atoms with van der Waals surface area (Å²) in [5.74, 6) is 1.69. The molecule has 0 radical (unpaired) electrons. The predicted molar refractivity (Wildman–Crippen MR) is 104 cm³/mol. The normalized spacial score (nSPS) is 35.6. The smallest absolute Gasteiger partial charge is 0.167 e. The minimum absolute atomic E-state index is 0.0546. The summed E-state index contributed by atoms with van der Waals surface area (Å²) >= 11 is 0. The highest BCUT2D eigenvalue weighted by Crippen LogP contribution is 2.55. The first-order chi connectivity index (χ1) is 12.9. The molecule has 27 heavy (non-hydrogen) atoms. The van der Waals surface area contributed by atoms with Crippen LogP contribution in [0.4, 0.5) is 0 Å². The summed E-state index contributed by atoms with van der Waals surface area (Å²) in [4.78, 5) is 0. The number of rotatable bonds is 4. The molecule has 2 saturated heterocycles. The van der Waals surface area contributed by atoms with E-state index < -0.39 is 0 Å². The molecule has 0 amide bonds. The van der Waals surface area contributed by atoms with Crippen LogP contribution in [0.15, 0.2) is 18.2 Å². The van der Waals surface area contributed by atoms with Crippen LogP contribution in [0, 0.1) is 11.8 Å². The molecule has 3 aliphatic rings. The first kappa shape index (κ1) is 19.0. The fourth-order valence-electron chi connectivity index (χ4n) is 4.98. The van der Waals surface area contributed by atoms with E-state index in [4.69, 9.17) is 14.2 Å². The highest BCUT2D eigenvalue weighted by Gasteiger charge is 2.55. The van der Waals surface area contributed by atoms with Crippen molar-refractivity contribution in [1.29, 1.82) is 0 Å². The molecule has 3 aliphatic heterocycles. The Bertz CT molecular complexity index is 670. The van der Waals surface area contributed by atoms with Crippen molar-refractivity contribution < 1.29 is 19.3 Å². The van der Waals surface area contributed by atoms with Gasteiger partial charge in [-0.05, 0) is 38.2 Å². The summed E-state index contributed by atoms with van der Waals surface area (Å²) in [7, 11) is 0. The Morgan fingerprint density at radius 2 is 2.19 bits per heavy atom. The molecule has 1 aromatic carbocycles. The van der Waals surface area contributed by atoms with Gasteiger partial charge in [0.15, 0.2) is 11.5 Å². The second kappa shape index (κ2) is 7.26. The van der Waals surface area contributed by atoms with E-state index in [2.05, 4.69) is 26.1 Å². The van der Waals surface area contributed by atoms with E-state index in [0.29, 0.717) is 18.3 Å². The Balaban J connectivity index is 1.65. The van der Waals surface area contributed by atoms with E-state index in [1.807, 2.05) is 12.1 Å². The molecule has 150 valence electrons. The van der Waals surface area contributed by atoms with Gasteiger partial charge in [-0.3, -0.25) is 0 Å². The second-order valence-electron chi connectivity index (χ2n) is 9.15. The van der Waals surface area contributed by atoms with E-state index in [1.165, 1.54) is 6.42 Å². The topological polar surface area (TPSA) is 60.0 Å². The molecule has 3 heterocycles. The zero-order valence-corrected chi connectivity index (χ0v) is 16.8. The molecule has 0 aliphatic carbocycles. The standard InChI is InChI=1S/C22H33NO4/c1-15(2)6-5-9-21(3)17-12-22(13-23-10-11-26-22)14-25-19(17)16-7-4-8-18(24)20(16)27-21/h4,7-8,15,17,19,23-24H,5-6,9-14H2,1-3H3/t17-,19+,21+,22-/m0/s1. The Hall–Kier alpha value is -1.30. The maximum absolute atomic E-state index is 10.4. The minimum Gasteiger partial charge on any atom is -0.504 e.